The van der Waals surface area contributed by atoms with Crippen molar-refractivity contribution >= 4 is 17.2 Å². The molecule has 1 heterocycles. The van der Waals surface area contributed by atoms with Gasteiger partial charge < -0.3 is 5.32 Å². The van der Waals surface area contributed by atoms with Gasteiger partial charge in [0, 0.05) is 17.1 Å². The molecule has 4 nitrogen and oxygen atoms in total. The summed E-state index contributed by atoms with van der Waals surface area (Å²) >= 11 is 1.62. The molecular weight excluding hydrogens is 234 g/mol. The zero-order chi connectivity index (χ0) is 13.0. The molecule has 1 aromatic rings. The number of carbonyl (C=O) groups is 1. The lowest BCUT2D eigenvalue weighted by Crippen LogP contribution is -2.45. The maximum atomic E-state index is 11.7. The molecule has 0 radical (unpaired) electrons. The highest BCUT2D eigenvalue weighted by Gasteiger charge is 2.18. The number of aromatic nitrogens is 1. The molecule has 0 aromatic carbocycles. The Hall–Kier alpha value is -0.940. The van der Waals surface area contributed by atoms with E-state index < -0.39 is 0 Å². The molecule has 96 valence electrons. The number of thiazole rings is 1. The van der Waals surface area contributed by atoms with Gasteiger partial charge in [-0.25, -0.2) is 4.98 Å². The van der Waals surface area contributed by atoms with E-state index in [-0.39, 0.29) is 24.0 Å². The maximum Gasteiger partial charge on any atom is 0.237 e. The van der Waals surface area contributed by atoms with Crippen molar-refractivity contribution in [2.75, 3.05) is 0 Å². The number of carbonyl (C=O) groups excluding carboxylic acids is 1. The zero-order valence-electron chi connectivity index (χ0n) is 11.1. The molecule has 1 aromatic heterocycles. The predicted molar refractivity (Wildman–Crippen MR) is 71.1 cm³/mol. The summed E-state index contributed by atoms with van der Waals surface area (Å²) in [5, 5.41) is 9.18. The fourth-order valence-corrected chi connectivity index (χ4v) is 2.32. The first-order valence-electron chi connectivity index (χ1n) is 5.88. The average molecular weight is 255 g/mol. The van der Waals surface area contributed by atoms with Gasteiger partial charge in [0.15, 0.2) is 0 Å². The van der Waals surface area contributed by atoms with Crippen LogP contribution >= 0.6 is 11.3 Å². The second kappa shape index (κ2) is 6.12. The minimum Gasteiger partial charge on any atom is -0.353 e. The summed E-state index contributed by atoms with van der Waals surface area (Å²) in [7, 11) is 0. The van der Waals surface area contributed by atoms with Crippen molar-refractivity contribution < 1.29 is 4.79 Å². The average Bonchev–Trinajstić information content (AvgIpc) is 2.63. The summed E-state index contributed by atoms with van der Waals surface area (Å²) in [6.07, 6.45) is 0. The van der Waals surface area contributed by atoms with Gasteiger partial charge in [-0.2, -0.15) is 0 Å². The Kier molecular flexibility index (Phi) is 5.08. The van der Waals surface area contributed by atoms with Gasteiger partial charge in [-0.05, 0) is 34.6 Å². The molecule has 0 bridgehead atoms. The fourth-order valence-electron chi connectivity index (χ4n) is 1.50. The van der Waals surface area contributed by atoms with E-state index in [9.17, 15) is 4.79 Å². The molecule has 0 spiro atoms. The van der Waals surface area contributed by atoms with Crippen LogP contribution in [0.1, 0.15) is 44.4 Å². The number of nitrogens with zero attached hydrogens (tertiary/aromatic N) is 1. The highest BCUT2D eigenvalue weighted by Crippen LogP contribution is 2.17. The molecule has 0 fully saturated rings. The van der Waals surface area contributed by atoms with Crippen molar-refractivity contribution in [3.05, 3.63) is 16.1 Å². The topological polar surface area (TPSA) is 54.0 Å². The largest absolute Gasteiger partial charge is 0.353 e. The van der Waals surface area contributed by atoms with Crippen LogP contribution in [0.2, 0.25) is 0 Å². The van der Waals surface area contributed by atoms with Gasteiger partial charge in [0.2, 0.25) is 5.91 Å². The quantitative estimate of drug-likeness (QED) is 0.846. The van der Waals surface area contributed by atoms with E-state index in [1.54, 1.807) is 11.3 Å². The smallest absolute Gasteiger partial charge is 0.237 e. The zero-order valence-corrected chi connectivity index (χ0v) is 11.9. The first-order chi connectivity index (χ1) is 7.90. The molecule has 2 N–H and O–H groups in total. The van der Waals surface area contributed by atoms with Crippen molar-refractivity contribution in [3.63, 3.8) is 0 Å². The van der Waals surface area contributed by atoms with Crippen molar-refractivity contribution in [3.8, 4) is 0 Å². The van der Waals surface area contributed by atoms with Crippen LogP contribution in [0.4, 0.5) is 0 Å². The van der Waals surface area contributed by atoms with Gasteiger partial charge in [0.1, 0.15) is 5.01 Å². The summed E-state index contributed by atoms with van der Waals surface area (Å²) < 4.78 is 0. The van der Waals surface area contributed by atoms with Crippen LogP contribution in [0, 0.1) is 6.92 Å². The van der Waals surface area contributed by atoms with E-state index >= 15 is 0 Å². The number of nitrogens with one attached hydrogen (secondary N) is 2. The molecule has 2 unspecified atom stereocenters. The van der Waals surface area contributed by atoms with E-state index in [2.05, 4.69) is 15.6 Å². The van der Waals surface area contributed by atoms with Crippen molar-refractivity contribution in [1.82, 2.24) is 15.6 Å². The summed E-state index contributed by atoms with van der Waals surface area (Å²) in [5.41, 5.74) is 1.03. The Bertz CT molecular complexity index is 376. The molecule has 0 aliphatic heterocycles. The molecule has 17 heavy (non-hydrogen) atoms. The Morgan fingerprint density at radius 3 is 2.47 bits per heavy atom. The maximum absolute atomic E-state index is 11.7. The Morgan fingerprint density at radius 2 is 2.00 bits per heavy atom. The van der Waals surface area contributed by atoms with Gasteiger partial charge in [0.05, 0.1) is 12.1 Å². The minimum absolute atomic E-state index is 0.0279. The van der Waals surface area contributed by atoms with E-state index in [1.807, 2.05) is 40.0 Å². The number of hydrogen-bond donors (Lipinski definition) is 2. The molecule has 0 saturated carbocycles. The van der Waals surface area contributed by atoms with Crippen LogP contribution in [-0.4, -0.2) is 23.0 Å². The molecule has 0 aliphatic carbocycles. The minimum atomic E-state index is -0.211. The Balaban J connectivity index is 2.51. The highest BCUT2D eigenvalue weighted by atomic mass is 32.1. The number of rotatable bonds is 5. The predicted octanol–water partition coefficient (Wildman–Crippen LogP) is 2.02. The van der Waals surface area contributed by atoms with Crippen LogP contribution < -0.4 is 10.6 Å². The van der Waals surface area contributed by atoms with Crippen LogP contribution in [0.5, 0.6) is 0 Å². The van der Waals surface area contributed by atoms with E-state index in [1.165, 1.54) is 0 Å². The normalized spacial score (nSPS) is 14.7. The van der Waals surface area contributed by atoms with E-state index in [0.29, 0.717) is 0 Å². The lowest BCUT2D eigenvalue weighted by atomic mass is 10.2. The van der Waals surface area contributed by atoms with Crippen molar-refractivity contribution in [2.24, 2.45) is 0 Å². The molecule has 2 atom stereocenters. The third-order valence-corrected chi connectivity index (χ3v) is 3.48. The first kappa shape index (κ1) is 14.1. The van der Waals surface area contributed by atoms with Crippen LogP contribution in [-0.2, 0) is 4.79 Å². The summed E-state index contributed by atoms with van der Waals surface area (Å²) in [6, 6.07) is 0.0578. The lowest BCUT2D eigenvalue weighted by Gasteiger charge is -2.19. The SMILES string of the molecule is Cc1csc(C(C)NC(C)C(=O)NC(C)C)n1. The summed E-state index contributed by atoms with van der Waals surface area (Å²) in [6.45, 7) is 9.78. The van der Waals surface area contributed by atoms with Crippen LogP contribution in [0.3, 0.4) is 0 Å². The van der Waals surface area contributed by atoms with Gasteiger partial charge >= 0.3 is 0 Å². The van der Waals surface area contributed by atoms with Gasteiger partial charge in [-0.3, -0.25) is 10.1 Å². The van der Waals surface area contributed by atoms with E-state index in [4.69, 9.17) is 0 Å². The summed E-state index contributed by atoms with van der Waals surface area (Å²) in [4.78, 5) is 16.1. The number of amides is 1. The molecule has 1 rings (SSSR count). The molecule has 1 amide bonds. The van der Waals surface area contributed by atoms with Gasteiger partial charge in [0.25, 0.3) is 0 Å². The summed E-state index contributed by atoms with van der Waals surface area (Å²) in [5.74, 6) is 0.0279. The molecule has 5 heteroatoms. The van der Waals surface area contributed by atoms with Gasteiger partial charge in [-0.15, -0.1) is 11.3 Å². The van der Waals surface area contributed by atoms with Crippen LogP contribution in [0.15, 0.2) is 5.38 Å². The lowest BCUT2D eigenvalue weighted by molar-refractivity contribution is -0.123. The number of aryl methyl sites for hydroxylation is 1. The first-order valence-corrected chi connectivity index (χ1v) is 6.76. The molecule has 0 aliphatic rings. The second-order valence-corrected chi connectivity index (χ2v) is 5.49. The third-order valence-electron chi connectivity index (χ3n) is 2.33. The van der Waals surface area contributed by atoms with Crippen molar-refractivity contribution in [2.45, 2.75) is 52.7 Å². The Morgan fingerprint density at radius 1 is 1.35 bits per heavy atom. The molecule has 0 saturated heterocycles. The third kappa shape index (κ3) is 4.44. The standard InChI is InChI=1S/C12H21N3OS/c1-7(2)13-11(16)9(4)15-10(5)12-14-8(3)6-17-12/h6-7,9-10,15H,1-5H3,(H,13,16). The number of hydrogen-bond acceptors (Lipinski definition) is 4. The highest BCUT2D eigenvalue weighted by molar-refractivity contribution is 7.09. The monoisotopic (exact) mass is 255 g/mol. The fraction of sp³-hybridized carbons (Fsp3) is 0.667. The second-order valence-electron chi connectivity index (χ2n) is 4.60. The Labute approximate surface area is 107 Å². The van der Waals surface area contributed by atoms with E-state index in [0.717, 1.165) is 10.7 Å². The molecular formula is C12H21N3OS. The van der Waals surface area contributed by atoms with Gasteiger partial charge in [-0.1, -0.05) is 0 Å². The van der Waals surface area contributed by atoms with Crippen LogP contribution in [0.25, 0.3) is 0 Å². The van der Waals surface area contributed by atoms with Crippen molar-refractivity contribution in [1.29, 1.82) is 0 Å².